The van der Waals surface area contributed by atoms with E-state index in [0.29, 0.717) is 12.0 Å². The molecule has 0 saturated heterocycles. The van der Waals surface area contributed by atoms with Gasteiger partial charge in [0, 0.05) is 12.6 Å². The summed E-state index contributed by atoms with van der Waals surface area (Å²) >= 11 is 3.51. The summed E-state index contributed by atoms with van der Waals surface area (Å²) in [5.41, 5.74) is 0. The maximum absolute atomic E-state index is 4.23. The molecule has 2 N–H and O–H groups in total. The van der Waals surface area contributed by atoms with Gasteiger partial charge in [-0.3, -0.25) is 0 Å². The summed E-state index contributed by atoms with van der Waals surface area (Å²) < 4.78 is 0.893. The van der Waals surface area contributed by atoms with E-state index >= 15 is 0 Å². The SMILES string of the molecule is CCNc1ncnc(NC(C)C(C)C)c1Br. The molecule has 4 nitrogen and oxygen atoms in total. The molecular formula is C11H19BrN4. The molecule has 0 spiro atoms. The van der Waals surface area contributed by atoms with Crippen molar-refractivity contribution < 1.29 is 0 Å². The molecule has 0 bridgehead atoms. The first-order valence-corrected chi connectivity index (χ1v) is 6.36. The first-order chi connectivity index (χ1) is 7.56. The number of anilines is 2. The van der Waals surface area contributed by atoms with Gasteiger partial charge in [0.15, 0.2) is 0 Å². The van der Waals surface area contributed by atoms with E-state index in [1.54, 1.807) is 6.33 Å². The number of hydrogen-bond donors (Lipinski definition) is 2. The van der Waals surface area contributed by atoms with E-state index in [2.05, 4.69) is 57.3 Å². The summed E-state index contributed by atoms with van der Waals surface area (Å²) in [7, 11) is 0. The number of nitrogens with zero attached hydrogens (tertiary/aromatic N) is 2. The van der Waals surface area contributed by atoms with Crippen molar-refractivity contribution in [2.24, 2.45) is 5.92 Å². The summed E-state index contributed by atoms with van der Waals surface area (Å²) in [5, 5.41) is 6.55. The highest BCUT2D eigenvalue weighted by molar-refractivity contribution is 9.10. The van der Waals surface area contributed by atoms with Crippen LogP contribution in [0.2, 0.25) is 0 Å². The molecule has 0 aliphatic rings. The maximum Gasteiger partial charge on any atom is 0.146 e. The van der Waals surface area contributed by atoms with Crippen LogP contribution in [0.25, 0.3) is 0 Å². The van der Waals surface area contributed by atoms with Gasteiger partial charge in [0.05, 0.1) is 0 Å². The Balaban J connectivity index is 2.84. The fraction of sp³-hybridized carbons (Fsp3) is 0.636. The van der Waals surface area contributed by atoms with Crippen molar-refractivity contribution >= 4 is 27.6 Å². The van der Waals surface area contributed by atoms with Gasteiger partial charge in [0.25, 0.3) is 0 Å². The van der Waals surface area contributed by atoms with Crippen molar-refractivity contribution in [2.45, 2.75) is 33.7 Å². The molecule has 0 radical (unpaired) electrons. The molecule has 1 atom stereocenters. The van der Waals surface area contributed by atoms with Crippen molar-refractivity contribution in [1.82, 2.24) is 9.97 Å². The smallest absolute Gasteiger partial charge is 0.146 e. The van der Waals surface area contributed by atoms with Crippen molar-refractivity contribution in [3.05, 3.63) is 10.8 Å². The first kappa shape index (κ1) is 13.2. The molecule has 0 aromatic carbocycles. The second-order valence-electron chi connectivity index (χ2n) is 4.09. The zero-order valence-corrected chi connectivity index (χ0v) is 11.8. The number of hydrogen-bond acceptors (Lipinski definition) is 4. The van der Waals surface area contributed by atoms with Crippen molar-refractivity contribution in [2.75, 3.05) is 17.2 Å². The molecule has 1 aromatic rings. The minimum Gasteiger partial charge on any atom is -0.369 e. The van der Waals surface area contributed by atoms with Gasteiger partial charge in [0.1, 0.15) is 22.4 Å². The summed E-state index contributed by atoms with van der Waals surface area (Å²) in [6, 6.07) is 0.376. The standard InChI is InChI=1S/C11H19BrN4/c1-5-13-10-9(12)11(15-6-14-10)16-8(4)7(2)3/h6-8H,5H2,1-4H3,(H2,13,14,15,16). The topological polar surface area (TPSA) is 49.8 Å². The van der Waals surface area contributed by atoms with Gasteiger partial charge in [-0.15, -0.1) is 0 Å². The lowest BCUT2D eigenvalue weighted by molar-refractivity contribution is 0.558. The van der Waals surface area contributed by atoms with Crippen LogP contribution in [-0.4, -0.2) is 22.6 Å². The predicted octanol–water partition coefficient (Wildman–Crippen LogP) is 3.13. The lowest BCUT2D eigenvalue weighted by atomic mass is 10.1. The third-order valence-corrected chi connectivity index (χ3v) is 3.25. The van der Waals surface area contributed by atoms with Crippen LogP contribution in [-0.2, 0) is 0 Å². The van der Waals surface area contributed by atoms with Crippen molar-refractivity contribution in [3.63, 3.8) is 0 Å². The Hall–Kier alpha value is -0.840. The number of nitrogens with one attached hydrogen (secondary N) is 2. The molecule has 1 rings (SSSR count). The van der Waals surface area contributed by atoms with E-state index in [-0.39, 0.29) is 0 Å². The van der Waals surface area contributed by atoms with Gasteiger partial charge >= 0.3 is 0 Å². The highest BCUT2D eigenvalue weighted by Gasteiger charge is 2.12. The average Bonchev–Trinajstić information content (AvgIpc) is 2.24. The Morgan fingerprint density at radius 1 is 1.25 bits per heavy atom. The molecule has 0 fully saturated rings. The minimum atomic E-state index is 0.376. The van der Waals surface area contributed by atoms with Crippen LogP contribution in [0.1, 0.15) is 27.7 Å². The molecule has 0 amide bonds. The highest BCUT2D eigenvalue weighted by atomic mass is 79.9. The Labute approximate surface area is 105 Å². The molecule has 1 heterocycles. The van der Waals surface area contributed by atoms with E-state index in [0.717, 1.165) is 22.7 Å². The Morgan fingerprint density at radius 2 is 1.88 bits per heavy atom. The number of rotatable bonds is 5. The van der Waals surface area contributed by atoms with Crippen LogP contribution < -0.4 is 10.6 Å². The van der Waals surface area contributed by atoms with Crippen LogP contribution in [0, 0.1) is 5.92 Å². The third-order valence-electron chi connectivity index (χ3n) is 2.50. The van der Waals surface area contributed by atoms with E-state index in [1.807, 2.05) is 6.92 Å². The van der Waals surface area contributed by atoms with Gasteiger partial charge < -0.3 is 10.6 Å². The third kappa shape index (κ3) is 3.33. The molecule has 0 aliphatic heterocycles. The van der Waals surface area contributed by atoms with Gasteiger partial charge in [-0.25, -0.2) is 9.97 Å². The van der Waals surface area contributed by atoms with Gasteiger partial charge in [0.2, 0.25) is 0 Å². The van der Waals surface area contributed by atoms with Crippen LogP contribution >= 0.6 is 15.9 Å². The highest BCUT2D eigenvalue weighted by Crippen LogP contribution is 2.27. The maximum atomic E-state index is 4.23. The average molecular weight is 287 g/mol. The van der Waals surface area contributed by atoms with Crippen molar-refractivity contribution in [3.8, 4) is 0 Å². The number of halogens is 1. The monoisotopic (exact) mass is 286 g/mol. The number of aromatic nitrogens is 2. The van der Waals surface area contributed by atoms with Crippen LogP contribution in [0.15, 0.2) is 10.8 Å². The zero-order chi connectivity index (χ0) is 12.1. The molecule has 1 aromatic heterocycles. The van der Waals surface area contributed by atoms with E-state index in [4.69, 9.17) is 0 Å². The molecular weight excluding hydrogens is 268 g/mol. The molecule has 0 aliphatic carbocycles. The molecule has 5 heteroatoms. The summed E-state index contributed by atoms with van der Waals surface area (Å²) in [6.07, 6.45) is 1.57. The van der Waals surface area contributed by atoms with Gasteiger partial charge in [-0.2, -0.15) is 0 Å². The predicted molar refractivity (Wildman–Crippen MR) is 71.8 cm³/mol. The second kappa shape index (κ2) is 6.03. The normalized spacial score (nSPS) is 12.6. The molecule has 0 saturated carbocycles. The van der Waals surface area contributed by atoms with Crippen molar-refractivity contribution in [1.29, 1.82) is 0 Å². The largest absolute Gasteiger partial charge is 0.369 e. The lowest BCUT2D eigenvalue weighted by Crippen LogP contribution is -2.22. The van der Waals surface area contributed by atoms with Gasteiger partial charge in [-0.05, 0) is 35.7 Å². The molecule has 1 unspecified atom stereocenters. The Morgan fingerprint density at radius 3 is 2.44 bits per heavy atom. The van der Waals surface area contributed by atoms with Gasteiger partial charge in [-0.1, -0.05) is 13.8 Å². The summed E-state index contributed by atoms with van der Waals surface area (Å²) in [6.45, 7) is 9.38. The molecule has 16 heavy (non-hydrogen) atoms. The Kier molecular flexibility index (Phi) is 4.99. The first-order valence-electron chi connectivity index (χ1n) is 5.57. The zero-order valence-electron chi connectivity index (χ0n) is 10.2. The van der Waals surface area contributed by atoms with Crippen LogP contribution in [0.5, 0.6) is 0 Å². The fourth-order valence-electron chi connectivity index (χ4n) is 1.14. The molecule has 90 valence electrons. The van der Waals surface area contributed by atoms with Crippen LogP contribution in [0.3, 0.4) is 0 Å². The second-order valence-corrected chi connectivity index (χ2v) is 4.89. The van der Waals surface area contributed by atoms with E-state index < -0.39 is 0 Å². The van der Waals surface area contributed by atoms with Crippen LogP contribution in [0.4, 0.5) is 11.6 Å². The van der Waals surface area contributed by atoms with E-state index in [9.17, 15) is 0 Å². The fourth-order valence-corrected chi connectivity index (χ4v) is 1.60. The Bertz CT molecular complexity index is 341. The quantitative estimate of drug-likeness (QED) is 0.873. The lowest BCUT2D eigenvalue weighted by Gasteiger charge is -2.19. The summed E-state index contributed by atoms with van der Waals surface area (Å²) in [5.74, 6) is 2.23. The van der Waals surface area contributed by atoms with E-state index in [1.165, 1.54) is 0 Å². The minimum absolute atomic E-state index is 0.376. The summed E-state index contributed by atoms with van der Waals surface area (Å²) in [4.78, 5) is 8.41.